The van der Waals surface area contributed by atoms with E-state index in [1.54, 1.807) is 0 Å². The average molecular weight is 859 g/mol. The summed E-state index contributed by atoms with van der Waals surface area (Å²) in [5, 5.41) is 12.1. The number of hydrogen-bond acceptors (Lipinski definition) is 1. The highest BCUT2D eigenvalue weighted by Gasteiger charge is 2.25. The molecule has 4 nitrogen and oxygen atoms in total. The van der Waals surface area contributed by atoms with E-state index in [0.29, 0.717) is 11.4 Å². The van der Waals surface area contributed by atoms with Crippen molar-refractivity contribution in [3.63, 3.8) is 0 Å². The predicted octanol–water partition coefficient (Wildman–Crippen LogP) is 16.2. The van der Waals surface area contributed by atoms with Crippen LogP contribution < -0.4 is 0 Å². The zero-order valence-corrected chi connectivity index (χ0v) is 36.9. The van der Waals surface area contributed by atoms with Gasteiger partial charge in [-0.1, -0.05) is 206 Å². The van der Waals surface area contributed by atoms with E-state index in [1.807, 2.05) is 36.5 Å². The molecule has 11 rings (SSSR count). The molecule has 0 saturated carbocycles. The molecule has 67 heavy (non-hydrogen) atoms. The van der Waals surface area contributed by atoms with Gasteiger partial charge in [0, 0.05) is 44.8 Å². The van der Waals surface area contributed by atoms with Gasteiger partial charge in [0.25, 0.3) is 0 Å². The van der Waals surface area contributed by atoms with Crippen LogP contribution in [0.25, 0.3) is 83.1 Å². The van der Waals surface area contributed by atoms with Crippen LogP contribution >= 0.6 is 0 Å². The summed E-state index contributed by atoms with van der Waals surface area (Å²) in [5.41, 5.74) is 16.7. The van der Waals surface area contributed by atoms with Crippen LogP contribution in [0.1, 0.15) is 24.0 Å². The van der Waals surface area contributed by atoms with Crippen LogP contribution in [-0.4, -0.2) is 22.5 Å². The Bertz CT molecular complexity index is 3470. The monoisotopic (exact) mass is 858 g/mol. The second kappa shape index (κ2) is 18.4. The summed E-state index contributed by atoms with van der Waals surface area (Å²) >= 11 is 0. The molecule has 1 heterocycles. The van der Waals surface area contributed by atoms with Gasteiger partial charge >= 0.3 is 0 Å². The van der Waals surface area contributed by atoms with Gasteiger partial charge in [-0.25, -0.2) is 9.98 Å². The summed E-state index contributed by atoms with van der Waals surface area (Å²) in [7, 11) is 0. The Morgan fingerprint density at radius 3 is 1.51 bits per heavy atom. The van der Waals surface area contributed by atoms with Crippen LogP contribution in [0.2, 0.25) is 0 Å². The van der Waals surface area contributed by atoms with Crippen LogP contribution in [0.5, 0.6) is 0 Å². The number of nitrogens with one attached hydrogen (secondary N) is 1. The van der Waals surface area contributed by atoms with E-state index >= 15 is 0 Å². The zero-order valence-electron chi connectivity index (χ0n) is 36.9. The van der Waals surface area contributed by atoms with E-state index < -0.39 is 0 Å². The average Bonchev–Trinajstić information content (AvgIpc) is 3.74. The molecular formula is C63H46N4. The fraction of sp³-hybridized carbons (Fsp3) is 0.0317. The zero-order chi connectivity index (χ0) is 44.9. The summed E-state index contributed by atoms with van der Waals surface area (Å²) in [5.74, 6) is 0.604. The van der Waals surface area contributed by atoms with E-state index in [4.69, 9.17) is 9.98 Å². The molecule has 0 atom stereocenters. The van der Waals surface area contributed by atoms with Crippen molar-refractivity contribution in [1.82, 2.24) is 4.57 Å². The standard InChI is InChI=1S/C63H46N4/c64-62(66-63(50-34-20-7-21-35-50)65-43-44-22-8-1-9-23-44)53-41-55(48-30-16-5-17-31-48)60(56(42-53)49-32-18-6-19-33-49)67-59-37-36-51(45-24-10-2-11-25-45)38-57(59)58-40-52(46-26-12-3-13-27-46)39-54(61(58)67)47-28-14-4-15-29-47/h2-8,10-43,64H,1,9H2. The molecule has 0 radical (unpaired) electrons. The maximum absolute atomic E-state index is 9.82. The molecule has 0 fully saturated rings. The summed E-state index contributed by atoms with van der Waals surface area (Å²) in [4.78, 5) is 9.97. The SMILES string of the molecule is N=C(N=C(N=CC1=CCCC=C1)c1ccccc1)c1cc(-c2ccccc2)c(-n2c3ccc(-c4ccccc4)cc3c3cc(-c4ccccc4)cc(-c4ccccc4)c32)c(-c2ccccc2)c1. The highest BCUT2D eigenvalue weighted by atomic mass is 15.0. The quantitative estimate of drug-likeness (QED) is 0.111. The maximum atomic E-state index is 9.82. The van der Waals surface area contributed by atoms with E-state index in [-0.39, 0.29) is 5.84 Å². The lowest BCUT2D eigenvalue weighted by atomic mass is 9.92. The number of hydrogen-bond donors (Lipinski definition) is 1. The van der Waals surface area contributed by atoms with Gasteiger partial charge in [0.05, 0.1) is 16.7 Å². The van der Waals surface area contributed by atoms with Crippen molar-refractivity contribution < 1.29 is 0 Å². The van der Waals surface area contributed by atoms with Gasteiger partial charge in [-0.05, 0) is 93.8 Å². The van der Waals surface area contributed by atoms with Gasteiger partial charge in [-0.2, -0.15) is 0 Å². The van der Waals surface area contributed by atoms with Crippen molar-refractivity contribution in [3.8, 4) is 61.3 Å². The molecule has 1 aromatic heterocycles. The van der Waals surface area contributed by atoms with E-state index in [9.17, 15) is 5.41 Å². The van der Waals surface area contributed by atoms with Crippen LogP contribution in [0.4, 0.5) is 0 Å². The molecule has 1 aliphatic carbocycles. The fourth-order valence-electron chi connectivity index (χ4n) is 9.30. The third-order valence-electron chi connectivity index (χ3n) is 12.5. The number of aliphatic imine (C=N–C) groups is 2. The van der Waals surface area contributed by atoms with E-state index in [0.717, 1.165) is 107 Å². The molecule has 1 aliphatic rings. The summed E-state index contributed by atoms with van der Waals surface area (Å²) < 4.78 is 2.49. The van der Waals surface area contributed by atoms with Gasteiger partial charge < -0.3 is 4.57 Å². The molecular weight excluding hydrogens is 813 g/mol. The molecule has 4 heteroatoms. The lowest BCUT2D eigenvalue weighted by Gasteiger charge is -2.22. The van der Waals surface area contributed by atoms with Crippen molar-refractivity contribution in [1.29, 1.82) is 5.41 Å². The fourth-order valence-corrected chi connectivity index (χ4v) is 9.30. The van der Waals surface area contributed by atoms with Crippen molar-refractivity contribution in [2.45, 2.75) is 12.8 Å². The number of fused-ring (bicyclic) bond motifs is 3. The van der Waals surface area contributed by atoms with Crippen molar-refractivity contribution in [3.05, 3.63) is 259 Å². The summed E-state index contributed by atoms with van der Waals surface area (Å²) in [6.45, 7) is 0. The van der Waals surface area contributed by atoms with Crippen molar-refractivity contribution >= 4 is 39.7 Å². The number of allylic oxidation sites excluding steroid dienone is 4. The number of benzene rings is 9. The number of rotatable bonds is 9. The number of aromatic nitrogens is 1. The molecule has 1 N–H and O–H groups in total. The first-order valence-electron chi connectivity index (χ1n) is 22.9. The Labute approximate surface area is 391 Å². The molecule has 0 aliphatic heterocycles. The second-order valence-electron chi connectivity index (χ2n) is 16.8. The first-order valence-corrected chi connectivity index (χ1v) is 22.9. The molecule has 0 saturated heterocycles. The lowest BCUT2D eigenvalue weighted by molar-refractivity contribution is 1.03. The van der Waals surface area contributed by atoms with Gasteiger partial charge in [0.1, 0.15) is 0 Å². The third kappa shape index (κ3) is 8.29. The van der Waals surface area contributed by atoms with Crippen LogP contribution in [0.15, 0.2) is 258 Å². The maximum Gasteiger partial charge on any atom is 0.161 e. The topological polar surface area (TPSA) is 53.5 Å². The van der Waals surface area contributed by atoms with Crippen LogP contribution in [-0.2, 0) is 0 Å². The normalized spacial score (nSPS) is 12.8. The highest BCUT2D eigenvalue weighted by molar-refractivity contribution is 6.18. The molecule has 0 spiro atoms. The minimum absolute atomic E-state index is 0.122. The summed E-state index contributed by atoms with van der Waals surface area (Å²) in [6, 6.07) is 79.1. The van der Waals surface area contributed by atoms with Crippen LogP contribution in [0.3, 0.4) is 0 Å². The first-order chi connectivity index (χ1) is 33.2. The lowest BCUT2D eigenvalue weighted by Crippen LogP contribution is -2.08. The number of nitrogens with zero attached hydrogens (tertiary/aromatic N) is 3. The van der Waals surface area contributed by atoms with Gasteiger partial charge in [-0.3, -0.25) is 5.41 Å². The minimum atomic E-state index is 0.122. The summed E-state index contributed by atoms with van der Waals surface area (Å²) in [6.07, 6.45) is 10.3. The number of amidine groups is 2. The van der Waals surface area contributed by atoms with E-state index in [1.165, 1.54) is 0 Å². The smallest absolute Gasteiger partial charge is 0.161 e. The predicted molar refractivity (Wildman–Crippen MR) is 283 cm³/mol. The molecule has 0 unspecified atom stereocenters. The second-order valence-corrected chi connectivity index (χ2v) is 16.8. The van der Waals surface area contributed by atoms with Gasteiger partial charge in [0.2, 0.25) is 0 Å². The molecule has 10 aromatic rings. The highest BCUT2D eigenvalue weighted by Crippen LogP contribution is 2.47. The molecule has 9 aromatic carbocycles. The Morgan fingerprint density at radius 1 is 0.448 bits per heavy atom. The molecule has 0 amide bonds. The van der Waals surface area contributed by atoms with Crippen molar-refractivity contribution in [2.24, 2.45) is 9.98 Å². The molecule has 0 bridgehead atoms. The Kier molecular flexibility index (Phi) is 11.3. The van der Waals surface area contributed by atoms with Crippen molar-refractivity contribution in [2.75, 3.05) is 0 Å². The van der Waals surface area contributed by atoms with Crippen LogP contribution in [0, 0.1) is 5.41 Å². The Hall–Kier alpha value is -8.73. The molecule has 318 valence electrons. The largest absolute Gasteiger partial charge is 0.307 e. The third-order valence-corrected chi connectivity index (χ3v) is 12.5. The first kappa shape index (κ1) is 41.0. The Balaban J connectivity index is 1.24. The van der Waals surface area contributed by atoms with Gasteiger partial charge in [-0.15, -0.1) is 0 Å². The van der Waals surface area contributed by atoms with Gasteiger partial charge in [0.15, 0.2) is 11.7 Å². The minimum Gasteiger partial charge on any atom is -0.307 e. The van der Waals surface area contributed by atoms with E-state index in [2.05, 4.69) is 217 Å². The Morgan fingerprint density at radius 2 is 0.955 bits per heavy atom.